The van der Waals surface area contributed by atoms with E-state index in [4.69, 9.17) is 0 Å². The Kier molecular flexibility index (Phi) is 3.07. The van der Waals surface area contributed by atoms with Gasteiger partial charge in [0.1, 0.15) is 0 Å². The summed E-state index contributed by atoms with van der Waals surface area (Å²) >= 11 is 0. The first kappa shape index (κ1) is 17.3. The molecule has 1 aromatic rings. The molecular formula is C28H29N. The van der Waals surface area contributed by atoms with Gasteiger partial charge in [0.05, 0.1) is 0 Å². The molecule has 0 bridgehead atoms. The van der Waals surface area contributed by atoms with Crippen molar-refractivity contribution in [3.8, 4) is 0 Å². The van der Waals surface area contributed by atoms with Crippen molar-refractivity contribution in [1.29, 1.82) is 0 Å². The summed E-state index contributed by atoms with van der Waals surface area (Å²) in [6, 6.07) is 0. The molecule has 0 saturated carbocycles. The maximum Gasteiger partial charge on any atom is 0.0489 e. The lowest BCUT2D eigenvalue weighted by molar-refractivity contribution is 0.328. The fraction of sp³-hybridized carbons (Fsp3) is 0.357. The fourth-order valence-corrected chi connectivity index (χ4v) is 6.08. The second kappa shape index (κ2) is 5.14. The third-order valence-corrected chi connectivity index (χ3v) is 8.30. The molecule has 0 fully saturated rings. The molecule has 5 aliphatic carbocycles. The van der Waals surface area contributed by atoms with Gasteiger partial charge in [-0.05, 0) is 23.3 Å². The van der Waals surface area contributed by atoms with Gasteiger partial charge in [0, 0.05) is 57.6 Å². The molecule has 29 heavy (non-hydrogen) atoms. The van der Waals surface area contributed by atoms with E-state index >= 15 is 0 Å². The van der Waals surface area contributed by atoms with E-state index in [2.05, 4.69) is 112 Å². The standard InChI is InChI=1S/C28H29N/c1-26(2)12-8-18-6-7-22-23-16-19-9-14-27(3)15-10-20(28(19,27)4)17-24(23)29(5)25(22)21(18)11-13-26/h6-18,21H,1-5H3. The van der Waals surface area contributed by atoms with Gasteiger partial charge in [0.2, 0.25) is 0 Å². The van der Waals surface area contributed by atoms with Crippen LogP contribution in [0.15, 0.2) is 65.8 Å². The zero-order valence-electron chi connectivity index (χ0n) is 18.0. The van der Waals surface area contributed by atoms with Crippen LogP contribution in [-0.4, -0.2) is 4.57 Å². The van der Waals surface area contributed by atoms with Gasteiger partial charge in [-0.25, -0.2) is 0 Å². The third-order valence-electron chi connectivity index (χ3n) is 8.30. The maximum absolute atomic E-state index is 2.47. The Labute approximate surface area is 174 Å². The molecule has 1 nitrogen and oxygen atoms in total. The van der Waals surface area contributed by atoms with Crippen LogP contribution in [0.4, 0.5) is 0 Å². The highest BCUT2D eigenvalue weighted by molar-refractivity contribution is 5.85. The molecule has 6 rings (SSSR count). The van der Waals surface area contributed by atoms with Gasteiger partial charge in [0.25, 0.3) is 0 Å². The Bertz CT molecular complexity index is 1170. The van der Waals surface area contributed by atoms with Gasteiger partial charge in [-0.3, -0.25) is 0 Å². The summed E-state index contributed by atoms with van der Waals surface area (Å²) in [4.78, 5) is 0. The lowest BCUT2D eigenvalue weighted by Gasteiger charge is -2.36. The van der Waals surface area contributed by atoms with Crippen LogP contribution in [0.25, 0.3) is 18.2 Å². The number of allylic oxidation sites excluding steroid dienone is 11. The molecule has 0 amide bonds. The lowest BCUT2D eigenvalue weighted by atomic mass is 9.66. The van der Waals surface area contributed by atoms with Gasteiger partial charge in [-0.15, -0.1) is 0 Å². The number of fused-ring (bicyclic) bond motifs is 5. The monoisotopic (exact) mass is 379 g/mol. The van der Waals surface area contributed by atoms with Gasteiger partial charge in [-0.2, -0.15) is 0 Å². The molecule has 1 aromatic heterocycles. The van der Waals surface area contributed by atoms with Crippen LogP contribution in [0.5, 0.6) is 0 Å². The largest absolute Gasteiger partial charge is 0.346 e. The smallest absolute Gasteiger partial charge is 0.0489 e. The van der Waals surface area contributed by atoms with Crippen LogP contribution in [0, 0.1) is 22.2 Å². The van der Waals surface area contributed by atoms with Crippen molar-refractivity contribution >= 4 is 18.2 Å². The van der Waals surface area contributed by atoms with Crippen LogP contribution in [0.3, 0.4) is 0 Å². The van der Waals surface area contributed by atoms with Crippen molar-refractivity contribution in [2.75, 3.05) is 0 Å². The Morgan fingerprint density at radius 2 is 1.45 bits per heavy atom. The van der Waals surface area contributed by atoms with Crippen molar-refractivity contribution in [1.82, 2.24) is 4.57 Å². The molecule has 0 aromatic carbocycles. The molecule has 0 aliphatic heterocycles. The van der Waals surface area contributed by atoms with Gasteiger partial charge < -0.3 is 4.57 Å². The average Bonchev–Trinajstić information content (AvgIpc) is 3.07. The zero-order valence-corrected chi connectivity index (χ0v) is 18.0. The Balaban J connectivity index is 1.60. The quantitative estimate of drug-likeness (QED) is 0.435. The maximum atomic E-state index is 2.47. The first-order valence-corrected chi connectivity index (χ1v) is 10.9. The van der Waals surface area contributed by atoms with Crippen molar-refractivity contribution in [3.63, 3.8) is 0 Å². The minimum Gasteiger partial charge on any atom is -0.346 e. The number of nitrogens with zero attached hydrogens (tertiary/aromatic N) is 1. The summed E-state index contributed by atoms with van der Waals surface area (Å²) in [6.45, 7) is 9.35. The second-order valence-corrected chi connectivity index (χ2v) is 10.4. The predicted octanol–water partition coefficient (Wildman–Crippen LogP) is 6.84. The summed E-state index contributed by atoms with van der Waals surface area (Å²) < 4.78 is 2.46. The highest BCUT2D eigenvalue weighted by Crippen LogP contribution is 2.62. The summed E-state index contributed by atoms with van der Waals surface area (Å²) in [5.74, 6) is 0.834. The Morgan fingerprint density at radius 3 is 2.21 bits per heavy atom. The van der Waals surface area contributed by atoms with Gasteiger partial charge >= 0.3 is 0 Å². The summed E-state index contributed by atoms with van der Waals surface area (Å²) in [5.41, 5.74) is 8.73. The van der Waals surface area contributed by atoms with E-state index in [1.807, 2.05) is 0 Å². The normalized spacial score (nSPS) is 36.7. The highest BCUT2D eigenvalue weighted by Gasteiger charge is 2.52. The highest BCUT2D eigenvalue weighted by atomic mass is 15.0. The van der Waals surface area contributed by atoms with E-state index in [1.54, 1.807) is 0 Å². The molecule has 0 N–H and O–H groups in total. The first-order chi connectivity index (χ1) is 13.7. The minimum atomic E-state index is 0.0504. The average molecular weight is 380 g/mol. The SMILES string of the molecule is Cn1c2c(c3c1C1C=CC(C)(C)C=CC1C=C3)C=C1C=CC3(C)C=CC(=C2)C13C. The van der Waals surface area contributed by atoms with Crippen molar-refractivity contribution < 1.29 is 0 Å². The second-order valence-electron chi connectivity index (χ2n) is 10.4. The molecule has 146 valence electrons. The third kappa shape index (κ3) is 2.01. The van der Waals surface area contributed by atoms with E-state index in [0.717, 1.165) is 0 Å². The molecular weight excluding hydrogens is 350 g/mol. The van der Waals surface area contributed by atoms with Crippen LogP contribution in [0.2, 0.25) is 0 Å². The summed E-state index contributed by atoms with van der Waals surface area (Å²) in [7, 11) is 2.26. The van der Waals surface area contributed by atoms with Crippen molar-refractivity contribution in [2.45, 2.75) is 33.6 Å². The molecule has 1 heteroatoms. The molecule has 0 saturated heterocycles. The number of hydrogen-bond acceptors (Lipinski definition) is 0. The van der Waals surface area contributed by atoms with E-state index in [1.165, 1.54) is 33.7 Å². The zero-order chi connectivity index (χ0) is 20.2. The van der Waals surface area contributed by atoms with Gasteiger partial charge in [0.15, 0.2) is 0 Å². The fourth-order valence-electron chi connectivity index (χ4n) is 6.08. The predicted molar refractivity (Wildman–Crippen MR) is 123 cm³/mol. The first-order valence-electron chi connectivity index (χ1n) is 10.9. The topological polar surface area (TPSA) is 4.93 Å². The van der Waals surface area contributed by atoms with Crippen LogP contribution < -0.4 is 0 Å². The molecule has 1 heterocycles. The molecule has 4 atom stereocenters. The van der Waals surface area contributed by atoms with E-state index in [-0.39, 0.29) is 16.2 Å². The molecule has 5 aliphatic rings. The van der Waals surface area contributed by atoms with Gasteiger partial charge in [-0.1, -0.05) is 88.5 Å². The number of rotatable bonds is 0. The minimum absolute atomic E-state index is 0.0504. The Hall–Kier alpha value is -2.54. The van der Waals surface area contributed by atoms with Crippen LogP contribution in [-0.2, 0) is 7.05 Å². The van der Waals surface area contributed by atoms with E-state index in [0.29, 0.717) is 11.8 Å². The molecule has 0 radical (unpaired) electrons. The lowest BCUT2D eigenvalue weighted by Crippen LogP contribution is -2.29. The van der Waals surface area contributed by atoms with Crippen molar-refractivity contribution in [2.24, 2.45) is 29.2 Å². The Morgan fingerprint density at radius 1 is 0.759 bits per heavy atom. The van der Waals surface area contributed by atoms with E-state index in [9.17, 15) is 0 Å². The summed E-state index contributed by atoms with van der Waals surface area (Å²) in [5, 5.41) is 0. The van der Waals surface area contributed by atoms with Crippen molar-refractivity contribution in [3.05, 3.63) is 88.3 Å². The van der Waals surface area contributed by atoms with Crippen LogP contribution >= 0.6 is 0 Å². The molecule has 0 spiro atoms. The van der Waals surface area contributed by atoms with Crippen LogP contribution in [0.1, 0.15) is 56.1 Å². The number of aromatic nitrogens is 1. The molecule has 4 unspecified atom stereocenters. The summed E-state index contributed by atoms with van der Waals surface area (Å²) in [6.07, 6.45) is 28.8. The number of hydrogen-bond donors (Lipinski definition) is 0. The van der Waals surface area contributed by atoms with E-state index < -0.39 is 0 Å².